The van der Waals surface area contributed by atoms with Crippen LogP contribution in [0.2, 0.25) is 0 Å². The van der Waals surface area contributed by atoms with Crippen LogP contribution in [0.1, 0.15) is 12.8 Å². The number of methoxy groups -OCH3 is 1. The van der Waals surface area contributed by atoms with E-state index in [4.69, 9.17) is 15.6 Å². The van der Waals surface area contributed by atoms with Crippen LogP contribution < -0.4 is 15.8 Å². The van der Waals surface area contributed by atoms with E-state index in [1.807, 2.05) is 24.3 Å². The van der Waals surface area contributed by atoms with Gasteiger partial charge in [0, 0.05) is 5.69 Å². The molecule has 0 aliphatic heterocycles. The van der Waals surface area contributed by atoms with Crippen molar-refractivity contribution in [1.82, 2.24) is 0 Å². The zero-order chi connectivity index (χ0) is 12.3. The zero-order valence-corrected chi connectivity index (χ0v) is 9.76. The van der Waals surface area contributed by atoms with Gasteiger partial charge in [0.05, 0.1) is 19.3 Å². The van der Waals surface area contributed by atoms with E-state index in [1.165, 1.54) is 0 Å². The molecule has 1 aliphatic carbocycles. The molecule has 1 saturated carbocycles. The third kappa shape index (κ3) is 3.10. The van der Waals surface area contributed by atoms with E-state index >= 15 is 0 Å². The number of guanidine groups is 1. The van der Waals surface area contributed by atoms with E-state index in [0.29, 0.717) is 18.8 Å². The number of hydrogen-bond acceptors (Lipinski definition) is 3. The van der Waals surface area contributed by atoms with Crippen LogP contribution in [0.4, 0.5) is 5.69 Å². The first-order valence-corrected chi connectivity index (χ1v) is 5.60. The number of aliphatic imine (C=N–C) groups is 1. The maximum Gasteiger partial charge on any atom is 0.193 e. The Balaban J connectivity index is 1.90. The lowest BCUT2D eigenvalue weighted by molar-refractivity contribution is 0.0778. The Labute approximate surface area is 100 Å². The molecule has 5 heteroatoms. The quantitative estimate of drug-likeness (QED) is 0.538. The van der Waals surface area contributed by atoms with Crippen molar-refractivity contribution in [3.05, 3.63) is 24.3 Å². The van der Waals surface area contributed by atoms with Crippen LogP contribution in [0, 0.1) is 0 Å². The molecule has 0 amide bonds. The molecule has 1 fully saturated rings. The van der Waals surface area contributed by atoms with Gasteiger partial charge in [-0.25, -0.2) is 4.99 Å². The van der Waals surface area contributed by atoms with Crippen molar-refractivity contribution in [2.45, 2.75) is 25.0 Å². The molecule has 17 heavy (non-hydrogen) atoms. The summed E-state index contributed by atoms with van der Waals surface area (Å²) >= 11 is 0. The molecule has 0 aromatic heterocycles. The minimum atomic E-state index is -0.211. The smallest absolute Gasteiger partial charge is 0.193 e. The van der Waals surface area contributed by atoms with Gasteiger partial charge in [-0.1, -0.05) is 0 Å². The molecule has 1 aliphatic rings. The second-order valence-corrected chi connectivity index (χ2v) is 4.15. The van der Waals surface area contributed by atoms with Gasteiger partial charge in [-0.3, -0.25) is 0 Å². The Morgan fingerprint density at radius 3 is 2.59 bits per heavy atom. The summed E-state index contributed by atoms with van der Waals surface area (Å²) in [6.07, 6.45) is 1.19. The summed E-state index contributed by atoms with van der Waals surface area (Å²) in [5.41, 5.74) is 6.63. The molecular formula is C12H17N3O2. The minimum Gasteiger partial charge on any atom is -0.497 e. The molecule has 0 atom stereocenters. The molecule has 1 aromatic rings. The van der Waals surface area contributed by atoms with Crippen molar-refractivity contribution in [2.24, 2.45) is 10.7 Å². The van der Waals surface area contributed by atoms with Crippen LogP contribution in [-0.2, 0) is 0 Å². The number of anilines is 1. The first-order chi connectivity index (χ1) is 8.17. The number of aliphatic hydroxyl groups is 1. The van der Waals surface area contributed by atoms with E-state index in [1.54, 1.807) is 7.11 Å². The first kappa shape index (κ1) is 11.7. The van der Waals surface area contributed by atoms with Crippen molar-refractivity contribution >= 4 is 11.6 Å². The molecule has 0 heterocycles. The summed E-state index contributed by atoms with van der Waals surface area (Å²) < 4.78 is 5.06. The van der Waals surface area contributed by atoms with Crippen LogP contribution in [0.15, 0.2) is 29.3 Å². The number of ether oxygens (including phenoxy) is 1. The molecule has 4 N–H and O–H groups in total. The maximum atomic E-state index is 9.13. The maximum absolute atomic E-state index is 9.13. The lowest BCUT2D eigenvalue weighted by Gasteiger charge is -2.28. The van der Waals surface area contributed by atoms with E-state index in [-0.39, 0.29) is 12.1 Å². The summed E-state index contributed by atoms with van der Waals surface area (Å²) in [6.45, 7) is 0. The summed E-state index contributed by atoms with van der Waals surface area (Å²) in [5.74, 6) is 1.18. The molecule has 0 unspecified atom stereocenters. The van der Waals surface area contributed by atoms with Crippen LogP contribution in [0.25, 0.3) is 0 Å². The van der Waals surface area contributed by atoms with Gasteiger partial charge in [0.2, 0.25) is 0 Å². The minimum absolute atomic E-state index is 0.149. The summed E-state index contributed by atoms with van der Waals surface area (Å²) in [7, 11) is 1.63. The fourth-order valence-electron chi connectivity index (χ4n) is 1.72. The Morgan fingerprint density at radius 1 is 1.41 bits per heavy atom. The Morgan fingerprint density at radius 2 is 2.06 bits per heavy atom. The zero-order valence-electron chi connectivity index (χ0n) is 9.76. The summed E-state index contributed by atoms with van der Waals surface area (Å²) in [4.78, 5) is 4.26. The number of nitrogens with two attached hydrogens (primary N) is 1. The van der Waals surface area contributed by atoms with E-state index in [9.17, 15) is 0 Å². The molecule has 0 radical (unpaired) electrons. The van der Waals surface area contributed by atoms with Gasteiger partial charge >= 0.3 is 0 Å². The van der Waals surface area contributed by atoms with Gasteiger partial charge in [0.25, 0.3) is 0 Å². The fourth-order valence-corrected chi connectivity index (χ4v) is 1.72. The Kier molecular flexibility index (Phi) is 3.49. The van der Waals surface area contributed by atoms with Crippen LogP contribution >= 0.6 is 0 Å². The topological polar surface area (TPSA) is 79.9 Å². The first-order valence-electron chi connectivity index (χ1n) is 5.60. The summed E-state index contributed by atoms with van der Waals surface area (Å²) in [5, 5.41) is 12.1. The standard InChI is InChI=1S/C12H17N3O2/c1-17-11-4-2-8(3-5-11)14-12(13)15-9-6-10(16)7-9/h2-5,9-10,16H,6-7H2,1H3,(H3,13,14,15). The highest BCUT2D eigenvalue weighted by atomic mass is 16.5. The normalized spacial score (nSPS) is 24.0. The Bertz CT molecular complexity index is 397. The third-order valence-corrected chi connectivity index (χ3v) is 2.77. The highest BCUT2D eigenvalue weighted by molar-refractivity contribution is 5.92. The SMILES string of the molecule is COc1ccc(NC(N)=NC2CC(O)C2)cc1. The number of nitrogens with one attached hydrogen (secondary N) is 1. The number of rotatable bonds is 3. The highest BCUT2D eigenvalue weighted by Gasteiger charge is 2.26. The van der Waals surface area contributed by atoms with Crippen LogP contribution in [-0.4, -0.2) is 30.3 Å². The molecule has 0 spiro atoms. The van der Waals surface area contributed by atoms with Crippen molar-refractivity contribution in [3.63, 3.8) is 0 Å². The predicted octanol–water partition coefficient (Wildman–Crippen LogP) is 0.945. The van der Waals surface area contributed by atoms with Crippen molar-refractivity contribution in [1.29, 1.82) is 0 Å². The van der Waals surface area contributed by atoms with Crippen molar-refractivity contribution in [2.75, 3.05) is 12.4 Å². The second-order valence-electron chi connectivity index (χ2n) is 4.15. The van der Waals surface area contributed by atoms with Crippen LogP contribution in [0.3, 0.4) is 0 Å². The number of hydrogen-bond donors (Lipinski definition) is 3. The van der Waals surface area contributed by atoms with Gasteiger partial charge < -0.3 is 20.9 Å². The third-order valence-electron chi connectivity index (χ3n) is 2.77. The second kappa shape index (κ2) is 5.05. The predicted molar refractivity (Wildman–Crippen MR) is 67.3 cm³/mol. The van der Waals surface area contributed by atoms with Gasteiger partial charge in [-0.2, -0.15) is 0 Å². The number of aliphatic hydroxyl groups excluding tert-OH is 1. The molecule has 1 aromatic carbocycles. The lowest BCUT2D eigenvalue weighted by Crippen LogP contribution is -2.35. The fraction of sp³-hybridized carbons (Fsp3) is 0.417. The van der Waals surface area contributed by atoms with E-state index in [2.05, 4.69) is 10.3 Å². The van der Waals surface area contributed by atoms with Crippen LogP contribution in [0.5, 0.6) is 5.75 Å². The van der Waals surface area contributed by atoms with Crippen molar-refractivity contribution < 1.29 is 9.84 Å². The highest BCUT2D eigenvalue weighted by Crippen LogP contribution is 2.23. The Hall–Kier alpha value is -1.75. The van der Waals surface area contributed by atoms with Gasteiger partial charge in [-0.15, -0.1) is 0 Å². The van der Waals surface area contributed by atoms with Gasteiger partial charge in [0.15, 0.2) is 5.96 Å². The molecule has 0 bridgehead atoms. The lowest BCUT2D eigenvalue weighted by atomic mass is 9.90. The largest absolute Gasteiger partial charge is 0.497 e. The molecule has 0 saturated heterocycles. The van der Waals surface area contributed by atoms with Gasteiger partial charge in [-0.05, 0) is 37.1 Å². The van der Waals surface area contributed by atoms with Crippen molar-refractivity contribution in [3.8, 4) is 5.75 Å². The average Bonchev–Trinajstić information content (AvgIpc) is 2.28. The molecule has 5 nitrogen and oxygen atoms in total. The van der Waals surface area contributed by atoms with E-state index in [0.717, 1.165) is 11.4 Å². The van der Waals surface area contributed by atoms with E-state index < -0.39 is 0 Å². The molecule has 92 valence electrons. The summed E-state index contributed by atoms with van der Waals surface area (Å²) in [6, 6.07) is 7.59. The molecular weight excluding hydrogens is 218 g/mol. The number of benzene rings is 1. The number of nitrogens with zero attached hydrogens (tertiary/aromatic N) is 1. The van der Waals surface area contributed by atoms with Gasteiger partial charge in [0.1, 0.15) is 5.75 Å². The monoisotopic (exact) mass is 235 g/mol. The average molecular weight is 235 g/mol. The molecule has 2 rings (SSSR count).